The standard InChI is InChI=1S/C44H68O17/c1-18-8-11-44(55-16-18)19(2)30-27(61-44)14-25-23-7-6-21-12-22(46)13-29(43(21,5)24(23)9-10-42(25,30)4)58-41-38(60-40-36(53)34(51)31(48)20(3)56-40)37(33(50)28(15-45)57-41)59-39-35(52)32(49)26(47)17-54-39/h6,19-20,22-41,45-53H,1,7-17H2,2-5H3/t19-,20-,22+,23+,24-,25-,26+,27-,28+,29+,30-,31-,32-,33+,34+,35+,36+,37-,38+,39-,40-,41-,42-,43-,44-/m0/s1. The molecular formula is C44H68O17. The van der Waals surface area contributed by atoms with Crippen LogP contribution in [-0.2, 0) is 37.9 Å². The predicted molar refractivity (Wildman–Crippen MR) is 210 cm³/mol. The Labute approximate surface area is 356 Å². The molecule has 0 unspecified atom stereocenters. The quantitative estimate of drug-likeness (QED) is 0.150. The van der Waals surface area contributed by atoms with Crippen molar-refractivity contribution < 1.29 is 83.9 Å². The summed E-state index contributed by atoms with van der Waals surface area (Å²) in [6.07, 6.45) is -14.5. The zero-order valence-corrected chi connectivity index (χ0v) is 35.6. The van der Waals surface area contributed by atoms with E-state index in [9.17, 15) is 46.0 Å². The number of allylic oxidation sites excluding steroid dienone is 1. The fourth-order valence-electron chi connectivity index (χ4n) is 13.7. The van der Waals surface area contributed by atoms with Crippen LogP contribution >= 0.6 is 0 Å². The van der Waals surface area contributed by atoms with E-state index in [2.05, 4.69) is 33.4 Å². The summed E-state index contributed by atoms with van der Waals surface area (Å²) >= 11 is 0. The van der Waals surface area contributed by atoms with E-state index in [-0.39, 0.29) is 35.7 Å². The highest BCUT2D eigenvalue weighted by Gasteiger charge is 2.69. The molecule has 9 N–H and O–H groups in total. The topological polar surface area (TPSA) is 256 Å². The molecule has 1 spiro atoms. The van der Waals surface area contributed by atoms with Gasteiger partial charge in [0.05, 0.1) is 44.2 Å². The minimum Gasteiger partial charge on any atom is -0.394 e. The lowest BCUT2D eigenvalue weighted by molar-refractivity contribution is -0.393. The summed E-state index contributed by atoms with van der Waals surface area (Å²) in [6, 6.07) is 0. The van der Waals surface area contributed by atoms with Crippen LogP contribution in [0.15, 0.2) is 23.8 Å². The Morgan fingerprint density at radius 2 is 1.54 bits per heavy atom. The second kappa shape index (κ2) is 16.6. The number of ether oxygens (including phenoxy) is 8. The molecule has 0 aromatic carbocycles. The van der Waals surface area contributed by atoms with E-state index in [1.54, 1.807) is 0 Å². The molecule has 0 radical (unpaired) electrons. The molecule has 3 saturated carbocycles. The average molecular weight is 869 g/mol. The van der Waals surface area contributed by atoms with Gasteiger partial charge >= 0.3 is 0 Å². The normalized spacial score (nSPS) is 57.2. The minimum absolute atomic E-state index is 0.0186. The van der Waals surface area contributed by atoms with Gasteiger partial charge in [-0.05, 0) is 74.5 Å². The number of rotatable bonds is 7. The first kappa shape index (κ1) is 45.0. The molecule has 9 rings (SSSR count). The van der Waals surface area contributed by atoms with Crippen molar-refractivity contribution in [1.82, 2.24) is 0 Å². The van der Waals surface area contributed by atoms with E-state index >= 15 is 0 Å². The van der Waals surface area contributed by atoms with E-state index in [0.29, 0.717) is 24.9 Å². The van der Waals surface area contributed by atoms with Crippen LogP contribution in [0.25, 0.3) is 0 Å². The summed E-state index contributed by atoms with van der Waals surface area (Å²) in [5.74, 6) is 0.775. The molecule has 5 saturated heterocycles. The van der Waals surface area contributed by atoms with Crippen molar-refractivity contribution in [2.24, 2.45) is 40.4 Å². The lowest BCUT2D eigenvalue weighted by Gasteiger charge is -2.60. The van der Waals surface area contributed by atoms with Gasteiger partial charge in [0.15, 0.2) is 24.7 Å². The number of aliphatic hydroxyl groups is 9. The highest BCUT2D eigenvalue weighted by atomic mass is 16.8. The van der Waals surface area contributed by atoms with Crippen LogP contribution in [0.1, 0.15) is 79.1 Å². The van der Waals surface area contributed by atoms with Gasteiger partial charge in [0.25, 0.3) is 0 Å². The van der Waals surface area contributed by atoms with E-state index in [0.717, 1.165) is 49.7 Å². The Bertz CT molecular complexity index is 1640. The average Bonchev–Trinajstić information content (AvgIpc) is 3.68. The zero-order valence-electron chi connectivity index (χ0n) is 35.6. The van der Waals surface area contributed by atoms with Gasteiger partial charge in [0.1, 0.15) is 61.0 Å². The third-order valence-corrected chi connectivity index (χ3v) is 17.1. The highest BCUT2D eigenvalue weighted by Crippen LogP contribution is 2.71. The fraction of sp³-hybridized carbons (Fsp3) is 0.909. The van der Waals surface area contributed by atoms with Gasteiger partial charge in [-0.1, -0.05) is 44.6 Å². The van der Waals surface area contributed by atoms with Gasteiger partial charge in [-0.25, -0.2) is 0 Å². The summed E-state index contributed by atoms with van der Waals surface area (Å²) in [6.45, 7) is 12.0. The Kier molecular flexibility index (Phi) is 12.2. The van der Waals surface area contributed by atoms with E-state index in [4.69, 9.17) is 37.9 Å². The van der Waals surface area contributed by atoms with Gasteiger partial charge < -0.3 is 83.9 Å². The van der Waals surface area contributed by atoms with Crippen molar-refractivity contribution in [3.63, 3.8) is 0 Å². The maximum atomic E-state index is 11.7. The SMILES string of the molecule is C=C1CC[C@]2(OC1)O[C@H]1C[C@H]3[C@@H]4CC=C5C[C@@H](O)C[C@@H](O[C@@H]6O[C@H](CO)[C@@H](O)[C@H](O[C@@H]7OC[C@@H](O)[C@H](O)[C@H]7O)[C@H]6O[C@@H]6O[C@@H](C)[C@H](O)[C@@H](O)[C@H]6O)[C@]5(C)[C@H]4CC[C@]3(C)[C@H]1[C@@H]2C. The van der Waals surface area contributed by atoms with E-state index in [1.807, 2.05) is 0 Å². The number of hydrogen-bond donors (Lipinski definition) is 9. The van der Waals surface area contributed by atoms with Crippen molar-refractivity contribution in [3.8, 4) is 0 Å². The van der Waals surface area contributed by atoms with Gasteiger partial charge in [0, 0.05) is 24.2 Å². The van der Waals surface area contributed by atoms with Crippen LogP contribution in [-0.4, -0.2) is 176 Å². The molecule has 25 atom stereocenters. The largest absolute Gasteiger partial charge is 0.394 e. The molecule has 346 valence electrons. The number of fused-ring (bicyclic) bond motifs is 7. The van der Waals surface area contributed by atoms with Crippen LogP contribution in [0, 0.1) is 40.4 Å². The van der Waals surface area contributed by atoms with E-state index in [1.165, 1.54) is 6.92 Å². The monoisotopic (exact) mass is 868 g/mol. The molecule has 9 aliphatic rings. The molecule has 5 aliphatic heterocycles. The second-order valence-electron chi connectivity index (χ2n) is 20.3. The predicted octanol–water partition coefficient (Wildman–Crippen LogP) is -0.256. The molecule has 0 amide bonds. The molecule has 4 aliphatic carbocycles. The first-order chi connectivity index (χ1) is 28.9. The fourth-order valence-corrected chi connectivity index (χ4v) is 13.7. The maximum absolute atomic E-state index is 11.7. The summed E-state index contributed by atoms with van der Waals surface area (Å²) in [4.78, 5) is 0. The van der Waals surface area contributed by atoms with Crippen molar-refractivity contribution in [1.29, 1.82) is 0 Å². The zero-order chi connectivity index (χ0) is 43.5. The molecule has 17 nitrogen and oxygen atoms in total. The number of hydrogen-bond acceptors (Lipinski definition) is 17. The van der Waals surface area contributed by atoms with Crippen molar-refractivity contribution in [3.05, 3.63) is 23.8 Å². The summed E-state index contributed by atoms with van der Waals surface area (Å²) in [7, 11) is 0. The van der Waals surface area contributed by atoms with Crippen molar-refractivity contribution >= 4 is 0 Å². The third-order valence-electron chi connectivity index (χ3n) is 17.1. The second-order valence-corrected chi connectivity index (χ2v) is 20.3. The van der Waals surface area contributed by atoms with Crippen LogP contribution in [0.5, 0.6) is 0 Å². The Balaban J connectivity index is 1.02. The lowest BCUT2D eigenvalue weighted by atomic mass is 9.46. The van der Waals surface area contributed by atoms with Crippen molar-refractivity contribution in [2.45, 2.75) is 189 Å². The molecule has 0 aromatic heterocycles. The lowest BCUT2D eigenvalue weighted by Crippen LogP contribution is -2.67. The molecule has 0 aromatic rings. The van der Waals surface area contributed by atoms with Crippen LogP contribution in [0.2, 0.25) is 0 Å². The maximum Gasteiger partial charge on any atom is 0.187 e. The third kappa shape index (κ3) is 7.25. The minimum atomic E-state index is -1.77. The molecule has 17 heteroatoms. The Morgan fingerprint density at radius 3 is 2.26 bits per heavy atom. The summed E-state index contributed by atoms with van der Waals surface area (Å²) in [5, 5.41) is 97.4. The summed E-state index contributed by atoms with van der Waals surface area (Å²) in [5.41, 5.74) is 1.60. The highest BCUT2D eigenvalue weighted by molar-refractivity contribution is 5.29. The molecular weight excluding hydrogens is 800 g/mol. The molecule has 61 heavy (non-hydrogen) atoms. The van der Waals surface area contributed by atoms with Crippen molar-refractivity contribution in [2.75, 3.05) is 19.8 Å². The van der Waals surface area contributed by atoms with E-state index < -0.39 is 123 Å². The van der Waals surface area contributed by atoms with Gasteiger partial charge in [-0.3, -0.25) is 0 Å². The Hall–Kier alpha value is -1.20. The summed E-state index contributed by atoms with van der Waals surface area (Å²) < 4.78 is 50.6. The van der Waals surface area contributed by atoms with Gasteiger partial charge in [-0.2, -0.15) is 0 Å². The van der Waals surface area contributed by atoms with Crippen LogP contribution in [0.4, 0.5) is 0 Å². The first-order valence-corrected chi connectivity index (χ1v) is 22.5. The first-order valence-electron chi connectivity index (χ1n) is 22.5. The number of aliphatic hydroxyl groups excluding tert-OH is 9. The molecule has 5 heterocycles. The van der Waals surface area contributed by atoms with Gasteiger partial charge in [-0.15, -0.1) is 0 Å². The smallest absolute Gasteiger partial charge is 0.187 e. The molecule has 8 fully saturated rings. The molecule has 0 bridgehead atoms. The van der Waals surface area contributed by atoms with Crippen LogP contribution in [0.3, 0.4) is 0 Å². The van der Waals surface area contributed by atoms with Crippen LogP contribution < -0.4 is 0 Å². The van der Waals surface area contributed by atoms with Gasteiger partial charge in [0.2, 0.25) is 0 Å². The Morgan fingerprint density at radius 1 is 0.803 bits per heavy atom.